The summed E-state index contributed by atoms with van der Waals surface area (Å²) in [6.45, 7) is 9.39. The highest BCUT2D eigenvalue weighted by Crippen LogP contribution is 2.24. The van der Waals surface area contributed by atoms with E-state index in [1.54, 1.807) is 0 Å². The van der Waals surface area contributed by atoms with Crippen molar-refractivity contribution < 1.29 is 14.0 Å². The molecule has 0 atom stereocenters. The van der Waals surface area contributed by atoms with Crippen molar-refractivity contribution in [2.75, 3.05) is 42.9 Å². The fraction of sp³-hybridized carbons (Fsp3) is 0.391. The summed E-state index contributed by atoms with van der Waals surface area (Å²) < 4.78 is 12.9. The molecule has 1 amide bonds. The summed E-state index contributed by atoms with van der Waals surface area (Å²) in [4.78, 5) is 29.2. The number of likely N-dealkylation sites (N-methyl/N-ethyl adjacent to an activating group) is 1. The van der Waals surface area contributed by atoms with Gasteiger partial charge in [0.05, 0.1) is 0 Å². The summed E-state index contributed by atoms with van der Waals surface area (Å²) >= 11 is 0. The summed E-state index contributed by atoms with van der Waals surface area (Å²) in [6.07, 6.45) is 0.187. The van der Waals surface area contributed by atoms with Crippen LogP contribution in [0, 0.1) is 12.7 Å². The van der Waals surface area contributed by atoms with Crippen LogP contribution in [0.2, 0.25) is 0 Å². The molecule has 1 heterocycles. The number of ketones is 1. The molecular weight excluding hydrogens is 369 g/mol. The van der Waals surface area contributed by atoms with Crippen molar-refractivity contribution in [1.82, 2.24) is 4.90 Å². The molecule has 0 radical (unpaired) electrons. The van der Waals surface area contributed by atoms with Crippen molar-refractivity contribution >= 4 is 23.1 Å². The van der Waals surface area contributed by atoms with Gasteiger partial charge >= 0.3 is 0 Å². The minimum Gasteiger partial charge on any atom is -0.369 e. The van der Waals surface area contributed by atoms with Gasteiger partial charge in [0.25, 0.3) is 0 Å². The molecule has 1 saturated heterocycles. The topological polar surface area (TPSA) is 52.6 Å². The third-order valence-electron chi connectivity index (χ3n) is 5.41. The van der Waals surface area contributed by atoms with Crippen LogP contribution in [-0.2, 0) is 4.79 Å². The summed E-state index contributed by atoms with van der Waals surface area (Å²) in [6, 6.07) is 11.4. The van der Waals surface area contributed by atoms with Crippen LogP contribution in [0.15, 0.2) is 42.5 Å². The lowest BCUT2D eigenvalue weighted by Crippen LogP contribution is -2.46. The van der Waals surface area contributed by atoms with Gasteiger partial charge in [-0.15, -0.1) is 0 Å². The highest BCUT2D eigenvalue weighted by atomic mass is 19.1. The maximum absolute atomic E-state index is 12.9. The molecule has 0 unspecified atom stereocenters. The fourth-order valence-corrected chi connectivity index (χ4v) is 3.53. The van der Waals surface area contributed by atoms with Crippen LogP contribution >= 0.6 is 0 Å². The Balaban J connectivity index is 1.52. The van der Waals surface area contributed by atoms with E-state index in [0.29, 0.717) is 5.56 Å². The Morgan fingerprint density at radius 1 is 1.00 bits per heavy atom. The lowest BCUT2D eigenvalue weighted by Gasteiger charge is -2.35. The predicted octanol–water partition coefficient (Wildman–Crippen LogP) is 3.88. The normalized spacial score (nSPS) is 14.7. The molecule has 0 bridgehead atoms. The maximum atomic E-state index is 12.9. The number of anilines is 2. The number of amides is 1. The second-order valence-corrected chi connectivity index (χ2v) is 7.40. The van der Waals surface area contributed by atoms with Crippen molar-refractivity contribution in [3.8, 4) is 0 Å². The first kappa shape index (κ1) is 21.0. The van der Waals surface area contributed by atoms with Crippen LogP contribution < -0.4 is 10.2 Å². The molecule has 2 aromatic rings. The molecule has 0 aliphatic carbocycles. The summed E-state index contributed by atoms with van der Waals surface area (Å²) in [7, 11) is 0. The van der Waals surface area contributed by atoms with Crippen LogP contribution in [-0.4, -0.2) is 49.3 Å². The molecule has 154 valence electrons. The van der Waals surface area contributed by atoms with Crippen molar-refractivity contribution in [1.29, 1.82) is 0 Å². The number of rotatable bonds is 7. The minimum atomic E-state index is -0.384. The summed E-state index contributed by atoms with van der Waals surface area (Å²) in [5.41, 5.74) is 3.35. The molecule has 29 heavy (non-hydrogen) atoms. The molecule has 5 nitrogen and oxygen atoms in total. The number of carbonyl (C=O) groups excluding carboxylic acids is 2. The fourth-order valence-electron chi connectivity index (χ4n) is 3.53. The van der Waals surface area contributed by atoms with Gasteiger partial charge in [-0.25, -0.2) is 4.39 Å². The molecule has 1 aliphatic heterocycles. The first-order valence-corrected chi connectivity index (χ1v) is 10.1. The molecule has 3 rings (SSSR count). The Bertz CT molecular complexity index is 859. The summed E-state index contributed by atoms with van der Waals surface area (Å²) in [5, 5.41) is 2.89. The number of carbonyl (C=O) groups is 2. The Labute approximate surface area is 171 Å². The average molecular weight is 397 g/mol. The van der Waals surface area contributed by atoms with Gasteiger partial charge in [-0.3, -0.25) is 9.59 Å². The number of halogens is 1. The summed E-state index contributed by atoms with van der Waals surface area (Å²) in [5.74, 6) is -0.753. The van der Waals surface area contributed by atoms with Crippen molar-refractivity contribution in [3.05, 3.63) is 59.4 Å². The second kappa shape index (κ2) is 9.65. The van der Waals surface area contributed by atoms with Crippen molar-refractivity contribution in [2.45, 2.75) is 26.7 Å². The van der Waals surface area contributed by atoms with E-state index in [1.807, 2.05) is 19.1 Å². The van der Waals surface area contributed by atoms with E-state index in [1.165, 1.54) is 30.0 Å². The number of Topliss-reactive ketones (excluding diaryl/α,β-unsaturated/α-hetero) is 1. The minimum absolute atomic E-state index is 0.0936. The van der Waals surface area contributed by atoms with E-state index < -0.39 is 0 Å². The van der Waals surface area contributed by atoms with Gasteiger partial charge in [0.1, 0.15) is 5.82 Å². The van der Waals surface area contributed by atoms with E-state index in [9.17, 15) is 14.0 Å². The van der Waals surface area contributed by atoms with Gasteiger partial charge < -0.3 is 15.1 Å². The van der Waals surface area contributed by atoms with Crippen LogP contribution in [0.1, 0.15) is 35.7 Å². The van der Waals surface area contributed by atoms with E-state index >= 15 is 0 Å². The third-order valence-corrected chi connectivity index (χ3v) is 5.41. The van der Waals surface area contributed by atoms with E-state index in [0.717, 1.165) is 44.0 Å². The Kier molecular flexibility index (Phi) is 6.99. The molecule has 1 N–H and O–H groups in total. The third kappa shape index (κ3) is 5.64. The highest BCUT2D eigenvalue weighted by Gasteiger charge is 2.17. The number of benzene rings is 2. The molecule has 2 aromatic carbocycles. The molecule has 6 heteroatoms. The quantitative estimate of drug-likeness (QED) is 0.721. The second-order valence-electron chi connectivity index (χ2n) is 7.40. The zero-order valence-corrected chi connectivity index (χ0v) is 17.1. The Morgan fingerprint density at radius 3 is 2.31 bits per heavy atom. The van der Waals surface area contributed by atoms with Gasteiger partial charge in [-0.2, -0.15) is 0 Å². The molecule has 0 aromatic heterocycles. The lowest BCUT2D eigenvalue weighted by atomic mass is 10.1. The molecule has 1 aliphatic rings. The van der Waals surface area contributed by atoms with Gasteiger partial charge in [0, 0.05) is 56.0 Å². The zero-order chi connectivity index (χ0) is 20.8. The van der Waals surface area contributed by atoms with Crippen LogP contribution in [0.25, 0.3) is 0 Å². The van der Waals surface area contributed by atoms with E-state index in [2.05, 4.69) is 28.1 Å². The van der Waals surface area contributed by atoms with Gasteiger partial charge in [-0.05, 0) is 61.5 Å². The van der Waals surface area contributed by atoms with Crippen LogP contribution in [0.5, 0.6) is 0 Å². The van der Waals surface area contributed by atoms with E-state index in [4.69, 9.17) is 0 Å². The standard InChI is InChI=1S/C23H28FN3O2/c1-3-26-12-14-27(15-13-26)20-8-9-21(17(2)16-20)25-23(29)11-10-22(28)18-4-6-19(24)7-5-18/h4-9,16H,3,10-15H2,1-2H3,(H,25,29). The molecular formula is C23H28FN3O2. The number of hydrogen-bond acceptors (Lipinski definition) is 4. The number of hydrogen-bond donors (Lipinski definition) is 1. The SMILES string of the molecule is CCN1CCN(c2ccc(NC(=O)CCC(=O)c3ccc(F)cc3)c(C)c2)CC1. The van der Waals surface area contributed by atoms with Gasteiger partial charge in [0.2, 0.25) is 5.91 Å². The number of nitrogens with one attached hydrogen (secondary N) is 1. The number of nitrogens with zero attached hydrogens (tertiary/aromatic N) is 2. The van der Waals surface area contributed by atoms with Crippen LogP contribution in [0.3, 0.4) is 0 Å². The largest absolute Gasteiger partial charge is 0.369 e. The average Bonchev–Trinajstić information content (AvgIpc) is 2.74. The van der Waals surface area contributed by atoms with Crippen molar-refractivity contribution in [2.24, 2.45) is 0 Å². The first-order valence-electron chi connectivity index (χ1n) is 10.1. The van der Waals surface area contributed by atoms with Gasteiger partial charge in [0.15, 0.2) is 5.78 Å². The Hall–Kier alpha value is -2.73. The van der Waals surface area contributed by atoms with E-state index in [-0.39, 0.29) is 30.3 Å². The molecule has 1 fully saturated rings. The molecule has 0 saturated carbocycles. The van der Waals surface area contributed by atoms with Crippen molar-refractivity contribution in [3.63, 3.8) is 0 Å². The van der Waals surface area contributed by atoms with Gasteiger partial charge in [-0.1, -0.05) is 6.92 Å². The predicted molar refractivity (Wildman–Crippen MR) is 114 cm³/mol. The zero-order valence-electron chi connectivity index (χ0n) is 17.1. The first-order chi connectivity index (χ1) is 14.0. The number of aryl methyl sites for hydroxylation is 1. The molecule has 0 spiro atoms. The monoisotopic (exact) mass is 397 g/mol. The maximum Gasteiger partial charge on any atom is 0.224 e. The highest BCUT2D eigenvalue weighted by molar-refractivity contribution is 6.00. The smallest absolute Gasteiger partial charge is 0.224 e. The lowest BCUT2D eigenvalue weighted by molar-refractivity contribution is -0.116. The number of piperazine rings is 1. The Morgan fingerprint density at radius 2 is 1.69 bits per heavy atom. The van der Waals surface area contributed by atoms with Crippen LogP contribution in [0.4, 0.5) is 15.8 Å².